The number of aryl methyl sites for hydroxylation is 2. The fourth-order valence-electron chi connectivity index (χ4n) is 2.76. The molecule has 0 saturated carbocycles. The number of nitrogens with zero attached hydrogens (tertiary/aromatic N) is 1. The van der Waals surface area contributed by atoms with Crippen LogP contribution < -0.4 is 5.32 Å². The van der Waals surface area contributed by atoms with Gasteiger partial charge in [-0.3, -0.25) is 9.59 Å². The average molecular weight is 340 g/mol. The van der Waals surface area contributed by atoms with Gasteiger partial charge >= 0.3 is 5.97 Å². The number of hydrogen-bond acceptors (Lipinski definition) is 5. The molecule has 6 heteroatoms. The number of anilines is 1. The fourth-order valence-corrected chi connectivity index (χ4v) is 3.51. The summed E-state index contributed by atoms with van der Waals surface area (Å²) in [7, 11) is 0. The lowest BCUT2D eigenvalue weighted by molar-refractivity contribution is -0.146. The highest BCUT2D eigenvalue weighted by molar-refractivity contribution is 7.14. The number of esters is 1. The standard InChI is InChI=1S/C18H16N2O3S/c19-10-15-6-7-24-18(15)20-16(21)11-23-17(22)9-12-4-5-13-2-1-3-14(13)8-12/h4-8H,1-3,9,11H2,(H,20,21). The molecule has 1 heterocycles. The summed E-state index contributed by atoms with van der Waals surface area (Å²) in [5, 5.41) is 13.6. The van der Waals surface area contributed by atoms with Gasteiger partial charge in [0, 0.05) is 0 Å². The Hall–Kier alpha value is -2.65. The van der Waals surface area contributed by atoms with Gasteiger partial charge in [0.15, 0.2) is 6.61 Å². The fraction of sp³-hybridized carbons (Fsp3) is 0.278. The molecule has 0 aliphatic heterocycles. The largest absolute Gasteiger partial charge is 0.455 e. The van der Waals surface area contributed by atoms with E-state index in [-0.39, 0.29) is 13.0 Å². The normalized spacial score (nSPS) is 12.3. The first-order valence-corrected chi connectivity index (χ1v) is 8.57. The van der Waals surface area contributed by atoms with Crippen LogP contribution in [0.2, 0.25) is 0 Å². The van der Waals surface area contributed by atoms with E-state index in [2.05, 4.69) is 17.4 Å². The summed E-state index contributed by atoms with van der Waals surface area (Å²) in [6.07, 6.45) is 3.48. The van der Waals surface area contributed by atoms with E-state index in [9.17, 15) is 9.59 Å². The first-order chi connectivity index (χ1) is 11.7. The van der Waals surface area contributed by atoms with Gasteiger partial charge in [-0.25, -0.2) is 0 Å². The smallest absolute Gasteiger partial charge is 0.310 e. The number of nitrogens with one attached hydrogen (secondary N) is 1. The van der Waals surface area contributed by atoms with Crippen molar-refractivity contribution in [3.8, 4) is 6.07 Å². The second kappa shape index (κ2) is 7.28. The summed E-state index contributed by atoms with van der Waals surface area (Å²) in [6, 6.07) is 9.67. The average Bonchev–Trinajstić information content (AvgIpc) is 3.21. The zero-order chi connectivity index (χ0) is 16.9. The maximum absolute atomic E-state index is 11.9. The lowest BCUT2D eigenvalue weighted by Gasteiger charge is -2.07. The van der Waals surface area contributed by atoms with Crippen molar-refractivity contribution in [1.29, 1.82) is 5.26 Å². The van der Waals surface area contributed by atoms with E-state index in [1.54, 1.807) is 11.4 Å². The van der Waals surface area contributed by atoms with Gasteiger partial charge in [0.1, 0.15) is 11.1 Å². The van der Waals surface area contributed by atoms with Gasteiger partial charge in [0.05, 0.1) is 12.0 Å². The van der Waals surface area contributed by atoms with Crippen molar-refractivity contribution >= 4 is 28.2 Å². The Morgan fingerprint density at radius 2 is 2.08 bits per heavy atom. The third-order valence-corrected chi connectivity index (χ3v) is 4.74. The Balaban J connectivity index is 1.49. The van der Waals surface area contributed by atoms with Crippen molar-refractivity contribution in [2.75, 3.05) is 11.9 Å². The molecule has 0 atom stereocenters. The van der Waals surface area contributed by atoms with Gasteiger partial charge in [0.25, 0.3) is 5.91 Å². The number of rotatable bonds is 5. The molecule has 1 aromatic heterocycles. The minimum absolute atomic E-state index is 0.156. The van der Waals surface area contributed by atoms with Crippen LogP contribution in [-0.2, 0) is 33.6 Å². The van der Waals surface area contributed by atoms with Crippen LogP contribution in [0, 0.1) is 11.3 Å². The minimum Gasteiger partial charge on any atom is -0.455 e. The van der Waals surface area contributed by atoms with Crippen molar-refractivity contribution in [3.05, 3.63) is 51.9 Å². The van der Waals surface area contributed by atoms with E-state index >= 15 is 0 Å². The maximum atomic E-state index is 11.9. The highest BCUT2D eigenvalue weighted by Crippen LogP contribution is 2.23. The molecule has 0 spiro atoms. The topological polar surface area (TPSA) is 79.2 Å². The van der Waals surface area contributed by atoms with Crippen molar-refractivity contribution in [2.24, 2.45) is 0 Å². The van der Waals surface area contributed by atoms with Gasteiger partial charge in [-0.05, 0) is 47.4 Å². The molecule has 2 aromatic rings. The highest BCUT2D eigenvalue weighted by atomic mass is 32.1. The van der Waals surface area contributed by atoms with Crippen LogP contribution >= 0.6 is 11.3 Å². The number of benzene rings is 1. The summed E-state index contributed by atoms with van der Waals surface area (Å²) in [6.45, 7) is -0.355. The van der Waals surface area contributed by atoms with Crippen LogP contribution in [0.5, 0.6) is 0 Å². The second-order valence-electron chi connectivity index (χ2n) is 5.62. The molecule has 0 radical (unpaired) electrons. The lowest BCUT2D eigenvalue weighted by atomic mass is 10.0. The summed E-state index contributed by atoms with van der Waals surface area (Å²) in [4.78, 5) is 23.7. The predicted octanol–water partition coefficient (Wildman–Crippen LogP) is 2.83. The Morgan fingerprint density at radius 3 is 2.92 bits per heavy atom. The van der Waals surface area contributed by atoms with E-state index in [1.165, 1.54) is 22.5 Å². The molecule has 1 aliphatic rings. The number of amides is 1. The van der Waals surface area contributed by atoms with Crippen molar-refractivity contribution in [1.82, 2.24) is 0 Å². The molecular formula is C18H16N2O3S. The molecular weight excluding hydrogens is 324 g/mol. The molecule has 3 rings (SSSR count). The minimum atomic E-state index is -0.448. The summed E-state index contributed by atoms with van der Waals surface area (Å²) in [5.74, 6) is -0.883. The molecule has 1 N–H and O–H groups in total. The van der Waals surface area contributed by atoms with E-state index in [1.807, 2.05) is 12.1 Å². The first-order valence-electron chi connectivity index (χ1n) is 7.69. The number of fused-ring (bicyclic) bond motifs is 1. The van der Waals surface area contributed by atoms with Crippen LogP contribution in [0.3, 0.4) is 0 Å². The van der Waals surface area contributed by atoms with E-state index in [0.29, 0.717) is 10.6 Å². The van der Waals surface area contributed by atoms with Crippen molar-refractivity contribution < 1.29 is 14.3 Å². The molecule has 24 heavy (non-hydrogen) atoms. The third-order valence-electron chi connectivity index (χ3n) is 3.91. The number of nitriles is 1. The SMILES string of the molecule is N#Cc1ccsc1NC(=O)COC(=O)Cc1ccc2c(c1)CCC2. The van der Waals surface area contributed by atoms with Crippen LogP contribution in [0.4, 0.5) is 5.00 Å². The van der Waals surface area contributed by atoms with Crippen LogP contribution in [-0.4, -0.2) is 18.5 Å². The highest BCUT2D eigenvalue weighted by Gasteiger charge is 2.14. The molecule has 0 fully saturated rings. The van der Waals surface area contributed by atoms with E-state index in [4.69, 9.17) is 10.00 Å². The molecule has 0 bridgehead atoms. The first kappa shape index (κ1) is 16.2. The van der Waals surface area contributed by atoms with Gasteiger partial charge < -0.3 is 10.1 Å². The van der Waals surface area contributed by atoms with Gasteiger partial charge in [-0.1, -0.05) is 18.2 Å². The van der Waals surface area contributed by atoms with Crippen LogP contribution in [0.25, 0.3) is 0 Å². The predicted molar refractivity (Wildman–Crippen MR) is 90.8 cm³/mol. The summed E-state index contributed by atoms with van der Waals surface area (Å²) in [5.41, 5.74) is 3.97. The molecule has 1 aliphatic carbocycles. The summed E-state index contributed by atoms with van der Waals surface area (Å²) >= 11 is 1.26. The van der Waals surface area contributed by atoms with Crippen LogP contribution in [0.15, 0.2) is 29.6 Å². The second-order valence-corrected chi connectivity index (χ2v) is 6.53. The zero-order valence-corrected chi connectivity index (χ0v) is 13.8. The third kappa shape index (κ3) is 3.81. The number of hydrogen-bond donors (Lipinski definition) is 1. The van der Waals surface area contributed by atoms with Crippen molar-refractivity contribution in [2.45, 2.75) is 25.7 Å². The number of carbonyl (C=O) groups excluding carboxylic acids is 2. The molecule has 1 amide bonds. The Morgan fingerprint density at radius 1 is 1.25 bits per heavy atom. The van der Waals surface area contributed by atoms with Crippen LogP contribution in [0.1, 0.15) is 28.7 Å². The van der Waals surface area contributed by atoms with Gasteiger partial charge in [-0.2, -0.15) is 5.26 Å². The van der Waals surface area contributed by atoms with Gasteiger partial charge in [-0.15, -0.1) is 11.3 Å². The molecule has 0 saturated heterocycles. The monoisotopic (exact) mass is 340 g/mol. The maximum Gasteiger partial charge on any atom is 0.310 e. The van der Waals surface area contributed by atoms with E-state index in [0.717, 1.165) is 24.8 Å². The lowest BCUT2D eigenvalue weighted by Crippen LogP contribution is -2.21. The number of carbonyl (C=O) groups is 2. The van der Waals surface area contributed by atoms with E-state index < -0.39 is 11.9 Å². The molecule has 1 aromatic carbocycles. The number of thiophene rings is 1. The summed E-state index contributed by atoms with van der Waals surface area (Å²) < 4.78 is 5.02. The number of ether oxygens (including phenoxy) is 1. The molecule has 5 nitrogen and oxygen atoms in total. The zero-order valence-electron chi connectivity index (χ0n) is 13.0. The molecule has 0 unspecified atom stereocenters. The Labute approximate surface area is 143 Å². The Bertz CT molecular complexity index is 820. The quantitative estimate of drug-likeness (QED) is 0.849. The Kier molecular flexibility index (Phi) is 4.92. The van der Waals surface area contributed by atoms with Gasteiger partial charge in [0.2, 0.25) is 0 Å². The van der Waals surface area contributed by atoms with Crippen molar-refractivity contribution in [3.63, 3.8) is 0 Å². The molecule has 122 valence electrons.